The van der Waals surface area contributed by atoms with Gasteiger partial charge in [0.15, 0.2) is 0 Å². The number of hydrazine groups is 1. The molecule has 0 aliphatic carbocycles. The summed E-state index contributed by atoms with van der Waals surface area (Å²) >= 11 is 2.87. The number of alkyl halides is 3. The van der Waals surface area contributed by atoms with Gasteiger partial charge in [-0.15, -0.1) is 0 Å². The molecule has 0 heterocycles. The van der Waals surface area contributed by atoms with E-state index in [4.69, 9.17) is 5.84 Å². The number of nitrogens with two attached hydrogens (primary N) is 1. The Morgan fingerprint density at radius 1 is 1.37 bits per heavy atom. The molecular weight excluding hydrogens is 325 g/mol. The maximum absolute atomic E-state index is 12.7. The molecule has 0 spiro atoms. The van der Waals surface area contributed by atoms with Gasteiger partial charge in [-0.1, -0.05) is 15.9 Å². The van der Waals surface area contributed by atoms with Gasteiger partial charge in [-0.25, -0.2) is 10.8 Å². The van der Waals surface area contributed by atoms with Gasteiger partial charge in [-0.05, 0) is 32.0 Å². The number of benzene rings is 1. The first-order valence-corrected chi connectivity index (χ1v) is 6.21. The van der Waals surface area contributed by atoms with Gasteiger partial charge in [0.2, 0.25) is 5.96 Å². The molecule has 0 fully saturated rings. The van der Waals surface area contributed by atoms with Crippen LogP contribution in [0.25, 0.3) is 0 Å². The number of halogens is 4. The van der Waals surface area contributed by atoms with Crippen LogP contribution in [0.1, 0.15) is 19.4 Å². The van der Waals surface area contributed by atoms with Crippen LogP contribution in [0.4, 0.5) is 18.9 Å². The molecule has 1 rings (SSSR count). The fourth-order valence-electron chi connectivity index (χ4n) is 1.32. The van der Waals surface area contributed by atoms with Crippen LogP contribution >= 0.6 is 15.9 Å². The summed E-state index contributed by atoms with van der Waals surface area (Å²) in [5.41, 5.74) is 1.78. The molecule has 4 N–H and O–H groups in total. The zero-order chi connectivity index (χ0) is 14.6. The fraction of sp³-hybridized carbons (Fsp3) is 0.364. The molecule has 4 nitrogen and oxygen atoms in total. The van der Waals surface area contributed by atoms with Crippen molar-refractivity contribution in [3.05, 3.63) is 28.2 Å². The van der Waals surface area contributed by atoms with Gasteiger partial charge in [0, 0.05) is 16.2 Å². The topological polar surface area (TPSA) is 62.4 Å². The number of aliphatic imine (C=N–C) groups is 1. The first kappa shape index (κ1) is 15.8. The Morgan fingerprint density at radius 2 is 2.00 bits per heavy atom. The van der Waals surface area contributed by atoms with Gasteiger partial charge in [0.25, 0.3) is 0 Å². The fourth-order valence-corrected chi connectivity index (χ4v) is 1.79. The third-order valence-corrected chi connectivity index (χ3v) is 2.75. The molecule has 8 heteroatoms. The van der Waals surface area contributed by atoms with Crippen molar-refractivity contribution in [1.82, 2.24) is 5.43 Å². The van der Waals surface area contributed by atoms with Crippen LogP contribution in [0.5, 0.6) is 0 Å². The van der Waals surface area contributed by atoms with Crippen LogP contribution in [0, 0.1) is 0 Å². The smallest absolute Gasteiger partial charge is 0.325 e. The zero-order valence-electron chi connectivity index (χ0n) is 10.3. The van der Waals surface area contributed by atoms with E-state index >= 15 is 0 Å². The largest absolute Gasteiger partial charge is 0.417 e. The van der Waals surface area contributed by atoms with Crippen LogP contribution < -0.4 is 16.6 Å². The minimum atomic E-state index is -4.43. The molecule has 0 aliphatic heterocycles. The second-order valence-electron chi connectivity index (χ2n) is 4.03. The van der Waals surface area contributed by atoms with Crippen molar-refractivity contribution in [3.8, 4) is 0 Å². The average molecular weight is 339 g/mol. The van der Waals surface area contributed by atoms with Gasteiger partial charge >= 0.3 is 6.18 Å². The van der Waals surface area contributed by atoms with E-state index in [2.05, 4.69) is 31.7 Å². The Bertz CT molecular complexity index is 471. The number of hydrogen-bond donors (Lipinski definition) is 3. The number of hydrogen-bond acceptors (Lipinski definition) is 2. The lowest BCUT2D eigenvalue weighted by molar-refractivity contribution is -0.138. The number of guanidine groups is 1. The highest BCUT2D eigenvalue weighted by molar-refractivity contribution is 9.10. The zero-order valence-corrected chi connectivity index (χ0v) is 11.9. The van der Waals surface area contributed by atoms with Crippen molar-refractivity contribution in [2.75, 3.05) is 5.32 Å². The van der Waals surface area contributed by atoms with Crippen molar-refractivity contribution >= 4 is 27.6 Å². The monoisotopic (exact) mass is 338 g/mol. The minimum Gasteiger partial charge on any atom is -0.325 e. The first-order valence-electron chi connectivity index (χ1n) is 5.42. The van der Waals surface area contributed by atoms with Gasteiger partial charge in [0.05, 0.1) is 5.56 Å². The molecule has 0 saturated carbocycles. The standard InChI is InChI=1S/C11H14BrF3N4/c1-6(2)17-10(19-16)18-7-3-4-9(12)8(5-7)11(13,14)15/h3-6H,16H2,1-2H3,(H2,17,18,19). The van der Waals surface area contributed by atoms with E-state index in [0.717, 1.165) is 6.07 Å². The maximum atomic E-state index is 12.7. The Hall–Kier alpha value is -1.28. The SMILES string of the molecule is CC(C)N=C(NN)Nc1ccc(Br)c(C(F)(F)F)c1. The lowest BCUT2D eigenvalue weighted by atomic mass is 10.2. The van der Waals surface area contributed by atoms with E-state index < -0.39 is 11.7 Å². The highest BCUT2D eigenvalue weighted by Crippen LogP contribution is 2.36. The Kier molecular flexibility index (Phi) is 5.19. The number of nitrogens with one attached hydrogen (secondary N) is 2. The summed E-state index contributed by atoms with van der Waals surface area (Å²) in [7, 11) is 0. The minimum absolute atomic E-state index is 0.0198. The summed E-state index contributed by atoms with van der Waals surface area (Å²) in [6.07, 6.45) is -4.43. The van der Waals surface area contributed by atoms with Crippen molar-refractivity contribution in [1.29, 1.82) is 0 Å². The molecule has 0 aliphatic rings. The highest BCUT2D eigenvalue weighted by atomic mass is 79.9. The summed E-state index contributed by atoms with van der Waals surface area (Å²) in [5, 5.41) is 2.69. The van der Waals surface area contributed by atoms with Crippen LogP contribution in [0.15, 0.2) is 27.7 Å². The summed E-state index contributed by atoms with van der Waals surface area (Å²) in [4.78, 5) is 4.08. The van der Waals surface area contributed by atoms with E-state index in [9.17, 15) is 13.2 Å². The second-order valence-corrected chi connectivity index (χ2v) is 4.89. The van der Waals surface area contributed by atoms with Gasteiger partial charge in [-0.2, -0.15) is 13.2 Å². The molecule has 0 saturated heterocycles. The Morgan fingerprint density at radius 3 is 2.47 bits per heavy atom. The lowest BCUT2D eigenvalue weighted by Crippen LogP contribution is -2.37. The first-order chi connectivity index (χ1) is 8.74. The molecule has 106 valence electrons. The van der Waals surface area contributed by atoms with E-state index in [1.54, 1.807) is 0 Å². The molecule has 1 aromatic carbocycles. The van der Waals surface area contributed by atoms with Crippen molar-refractivity contribution in [2.45, 2.75) is 26.1 Å². The van der Waals surface area contributed by atoms with Crippen molar-refractivity contribution in [3.63, 3.8) is 0 Å². The molecule has 0 aromatic heterocycles. The average Bonchev–Trinajstić information content (AvgIpc) is 2.28. The predicted molar refractivity (Wildman–Crippen MR) is 72.7 cm³/mol. The highest BCUT2D eigenvalue weighted by Gasteiger charge is 2.33. The van der Waals surface area contributed by atoms with Crippen molar-refractivity contribution < 1.29 is 13.2 Å². The molecule has 1 aromatic rings. The molecule has 0 radical (unpaired) electrons. The molecule has 0 unspecified atom stereocenters. The normalized spacial score (nSPS) is 12.7. The summed E-state index contributed by atoms with van der Waals surface area (Å²) in [6, 6.07) is 3.74. The third kappa shape index (κ3) is 4.71. The maximum Gasteiger partial charge on any atom is 0.417 e. The second kappa shape index (κ2) is 6.25. The lowest BCUT2D eigenvalue weighted by Gasteiger charge is -2.14. The molecule has 0 bridgehead atoms. The van der Waals surface area contributed by atoms with E-state index in [1.807, 2.05) is 13.8 Å². The molecule has 19 heavy (non-hydrogen) atoms. The van der Waals surface area contributed by atoms with Crippen LogP contribution in [0.3, 0.4) is 0 Å². The third-order valence-electron chi connectivity index (χ3n) is 2.06. The van der Waals surface area contributed by atoms with E-state index in [1.165, 1.54) is 12.1 Å². The molecule has 0 amide bonds. The van der Waals surface area contributed by atoms with E-state index in [-0.39, 0.29) is 22.2 Å². The van der Waals surface area contributed by atoms with Crippen LogP contribution in [-0.2, 0) is 6.18 Å². The quantitative estimate of drug-likeness (QED) is 0.336. The Labute approximate surface area is 117 Å². The summed E-state index contributed by atoms with van der Waals surface area (Å²) in [5.74, 6) is 5.45. The number of anilines is 1. The molecule has 0 atom stereocenters. The summed E-state index contributed by atoms with van der Waals surface area (Å²) in [6.45, 7) is 3.64. The molecular formula is C11H14BrF3N4. The van der Waals surface area contributed by atoms with Gasteiger partial charge in [0.1, 0.15) is 0 Å². The Balaban J connectivity index is 3.03. The van der Waals surface area contributed by atoms with Crippen LogP contribution in [-0.4, -0.2) is 12.0 Å². The van der Waals surface area contributed by atoms with E-state index in [0.29, 0.717) is 0 Å². The van der Waals surface area contributed by atoms with Gasteiger partial charge < -0.3 is 5.32 Å². The summed E-state index contributed by atoms with van der Waals surface area (Å²) < 4.78 is 38.2. The van der Waals surface area contributed by atoms with Crippen LogP contribution in [0.2, 0.25) is 0 Å². The number of nitrogens with zero attached hydrogens (tertiary/aromatic N) is 1. The van der Waals surface area contributed by atoms with Gasteiger partial charge in [-0.3, -0.25) is 5.43 Å². The van der Waals surface area contributed by atoms with Crippen molar-refractivity contribution in [2.24, 2.45) is 10.8 Å². The number of rotatable bonds is 2. The predicted octanol–water partition coefficient (Wildman–Crippen LogP) is 3.11.